The first-order chi connectivity index (χ1) is 13.4. The van der Waals surface area contributed by atoms with Crippen molar-refractivity contribution in [3.8, 4) is 5.75 Å². The number of sulfone groups is 1. The summed E-state index contributed by atoms with van der Waals surface area (Å²) >= 11 is 0. The van der Waals surface area contributed by atoms with E-state index in [1.54, 1.807) is 31.4 Å². The molecule has 0 unspecified atom stereocenters. The molecule has 1 N–H and O–H groups in total. The summed E-state index contributed by atoms with van der Waals surface area (Å²) in [6, 6.07) is 21.4. The van der Waals surface area contributed by atoms with E-state index in [1.807, 2.05) is 36.4 Å². The zero-order valence-corrected chi connectivity index (χ0v) is 16.5. The second-order valence-corrected chi connectivity index (χ2v) is 8.46. The Labute approximate surface area is 164 Å². The van der Waals surface area contributed by atoms with Gasteiger partial charge in [0.25, 0.3) is 5.91 Å². The number of methoxy groups -OCH3 is 1. The predicted octanol–water partition coefficient (Wildman–Crippen LogP) is 3.94. The van der Waals surface area contributed by atoms with Gasteiger partial charge in [0.2, 0.25) is 0 Å². The maximum Gasteiger partial charge on any atom is 0.255 e. The van der Waals surface area contributed by atoms with E-state index in [2.05, 4.69) is 5.32 Å². The topological polar surface area (TPSA) is 72.5 Å². The molecule has 0 saturated carbocycles. The first-order valence-corrected chi connectivity index (χ1v) is 10.6. The molecule has 0 aliphatic carbocycles. The summed E-state index contributed by atoms with van der Waals surface area (Å²) < 4.78 is 28.9. The molecule has 0 aromatic heterocycles. The van der Waals surface area contributed by atoms with Crippen LogP contribution in [0.4, 0.5) is 5.69 Å². The van der Waals surface area contributed by atoms with Gasteiger partial charge in [0.05, 0.1) is 12.0 Å². The fourth-order valence-electron chi connectivity index (χ4n) is 2.88. The molecule has 3 rings (SSSR count). The number of rotatable bonds is 6. The molecule has 0 fully saturated rings. The molecule has 0 aliphatic heterocycles. The minimum Gasteiger partial charge on any atom is -0.496 e. The van der Waals surface area contributed by atoms with Crippen molar-refractivity contribution in [1.29, 1.82) is 0 Å². The van der Waals surface area contributed by atoms with Crippen molar-refractivity contribution in [2.45, 2.75) is 11.3 Å². The first kappa shape index (κ1) is 19.6. The molecule has 0 spiro atoms. The van der Waals surface area contributed by atoms with Crippen molar-refractivity contribution in [2.24, 2.45) is 0 Å². The van der Waals surface area contributed by atoms with Crippen LogP contribution >= 0.6 is 0 Å². The lowest BCUT2D eigenvalue weighted by Crippen LogP contribution is -2.13. The Balaban J connectivity index is 1.84. The maximum absolute atomic E-state index is 12.6. The third-order valence-electron chi connectivity index (χ3n) is 4.30. The Morgan fingerprint density at radius 2 is 1.71 bits per heavy atom. The summed E-state index contributed by atoms with van der Waals surface area (Å²) in [6.45, 7) is 0. The van der Waals surface area contributed by atoms with Crippen molar-refractivity contribution >= 4 is 21.4 Å². The van der Waals surface area contributed by atoms with E-state index < -0.39 is 9.84 Å². The Kier molecular flexibility index (Phi) is 5.80. The van der Waals surface area contributed by atoms with Crippen LogP contribution in [-0.2, 0) is 16.3 Å². The molecule has 3 aromatic rings. The largest absolute Gasteiger partial charge is 0.496 e. The summed E-state index contributed by atoms with van der Waals surface area (Å²) in [5.41, 5.74) is 2.96. The lowest BCUT2D eigenvalue weighted by molar-refractivity contribution is 0.102. The van der Waals surface area contributed by atoms with Gasteiger partial charge < -0.3 is 10.1 Å². The standard InChI is InChI=1S/C22H21NO4S/c1-27-21-12-11-19(14-18(21)13-16-7-4-3-5-8-16)23-22(24)17-9-6-10-20(15-17)28(2,25)26/h3-12,14-15H,13H2,1-2H3,(H,23,24). The van der Waals surface area contributed by atoms with Gasteiger partial charge in [0.15, 0.2) is 9.84 Å². The molecule has 3 aromatic carbocycles. The van der Waals surface area contributed by atoms with Gasteiger partial charge in [-0.15, -0.1) is 0 Å². The summed E-state index contributed by atoms with van der Waals surface area (Å²) in [5.74, 6) is 0.363. The van der Waals surface area contributed by atoms with Crippen molar-refractivity contribution in [1.82, 2.24) is 0 Å². The third kappa shape index (κ3) is 4.78. The number of hydrogen-bond donors (Lipinski definition) is 1. The Hall–Kier alpha value is -3.12. The highest BCUT2D eigenvalue weighted by molar-refractivity contribution is 7.90. The van der Waals surface area contributed by atoms with Crippen LogP contribution in [0.1, 0.15) is 21.5 Å². The molecule has 144 valence electrons. The smallest absolute Gasteiger partial charge is 0.255 e. The molecular weight excluding hydrogens is 374 g/mol. The van der Waals surface area contributed by atoms with E-state index in [1.165, 1.54) is 12.1 Å². The first-order valence-electron chi connectivity index (χ1n) is 8.69. The van der Waals surface area contributed by atoms with Crippen LogP contribution in [0.25, 0.3) is 0 Å². The molecule has 1 amide bonds. The fraction of sp³-hybridized carbons (Fsp3) is 0.136. The lowest BCUT2D eigenvalue weighted by Gasteiger charge is -2.12. The number of benzene rings is 3. The van der Waals surface area contributed by atoms with Gasteiger partial charge in [-0.05, 0) is 42.0 Å². The normalized spacial score (nSPS) is 11.1. The summed E-state index contributed by atoms with van der Waals surface area (Å²) in [7, 11) is -1.77. The minimum atomic E-state index is -3.38. The van der Waals surface area contributed by atoms with Crippen LogP contribution < -0.4 is 10.1 Å². The van der Waals surface area contributed by atoms with Gasteiger partial charge in [-0.3, -0.25) is 4.79 Å². The number of nitrogens with one attached hydrogen (secondary N) is 1. The molecule has 5 nitrogen and oxygen atoms in total. The van der Waals surface area contributed by atoms with E-state index in [9.17, 15) is 13.2 Å². The number of amides is 1. The summed E-state index contributed by atoms with van der Waals surface area (Å²) in [6.07, 6.45) is 1.78. The Morgan fingerprint density at radius 1 is 0.964 bits per heavy atom. The molecule has 0 heterocycles. The highest BCUT2D eigenvalue weighted by Gasteiger charge is 2.13. The van der Waals surface area contributed by atoms with Crippen molar-refractivity contribution in [3.63, 3.8) is 0 Å². The van der Waals surface area contributed by atoms with Gasteiger partial charge >= 0.3 is 0 Å². The second kappa shape index (κ2) is 8.27. The summed E-state index contributed by atoms with van der Waals surface area (Å²) in [4.78, 5) is 12.7. The number of anilines is 1. The Morgan fingerprint density at radius 3 is 2.39 bits per heavy atom. The maximum atomic E-state index is 12.6. The highest BCUT2D eigenvalue weighted by atomic mass is 32.2. The van der Waals surface area contributed by atoms with E-state index in [0.717, 1.165) is 23.1 Å². The summed E-state index contributed by atoms with van der Waals surface area (Å²) in [5, 5.41) is 2.83. The van der Waals surface area contributed by atoms with E-state index >= 15 is 0 Å². The van der Waals surface area contributed by atoms with Crippen LogP contribution in [0.2, 0.25) is 0 Å². The van der Waals surface area contributed by atoms with Gasteiger partial charge in [-0.1, -0.05) is 36.4 Å². The third-order valence-corrected chi connectivity index (χ3v) is 5.41. The molecular formula is C22H21NO4S. The van der Waals surface area contributed by atoms with Crippen LogP contribution in [0.15, 0.2) is 77.7 Å². The van der Waals surface area contributed by atoms with Crippen LogP contribution in [0.5, 0.6) is 5.75 Å². The van der Waals surface area contributed by atoms with E-state index in [-0.39, 0.29) is 16.4 Å². The number of carbonyl (C=O) groups is 1. The lowest BCUT2D eigenvalue weighted by atomic mass is 10.0. The average molecular weight is 395 g/mol. The SMILES string of the molecule is COc1ccc(NC(=O)c2cccc(S(C)(=O)=O)c2)cc1Cc1ccccc1. The van der Waals surface area contributed by atoms with Crippen molar-refractivity contribution < 1.29 is 17.9 Å². The van der Waals surface area contributed by atoms with Gasteiger partial charge in [-0.2, -0.15) is 0 Å². The van der Waals surface area contributed by atoms with E-state index in [4.69, 9.17) is 4.74 Å². The molecule has 6 heteroatoms. The molecule has 28 heavy (non-hydrogen) atoms. The quantitative estimate of drug-likeness (QED) is 0.686. The fourth-order valence-corrected chi connectivity index (χ4v) is 3.55. The van der Waals surface area contributed by atoms with Crippen LogP contribution in [0, 0.1) is 0 Å². The zero-order chi connectivity index (χ0) is 20.1. The van der Waals surface area contributed by atoms with Gasteiger partial charge in [0, 0.05) is 29.5 Å². The number of carbonyl (C=O) groups excluding carboxylic acids is 1. The second-order valence-electron chi connectivity index (χ2n) is 6.44. The number of hydrogen-bond acceptors (Lipinski definition) is 4. The predicted molar refractivity (Wildman–Crippen MR) is 110 cm³/mol. The molecule has 0 radical (unpaired) electrons. The minimum absolute atomic E-state index is 0.111. The van der Waals surface area contributed by atoms with Gasteiger partial charge in [-0.25, -0.2) is 8.42 Å². The van der Waals surface area contributed by atoms with E-state index in [0.29, 0.717) is 12.1 Å². The average Bonchev–Trinajstić information content (AvgIpc) is 2.68. The molecule has 0 aliphatic rings. The van der Waals surface area contributed by atoms with Crippen LogP contribution in [0.3, 0.4) is 0 Å². The monoisotopic (exact) mass is 395 g/mol. The van der Waals surface area contributed by atoms with Crippen molar-refractivity contribution in [3.05, 3.63) is 89.5 Å². The van der Waals surface area contributed by atoms with Crippen LogP contribution in [-0.4, -0.2) is 27.7 Å². The van der Waals surface area contributed by atoms with Crippen molar-refractivity contribution in [2.75, 3.05) is 18.7 Å². The zero-order valence-electron chi connectivity index (χ0n) is 15.7. The highest BCUT2D eigenvalue weighted by Crippen LogP contribution is 2.26. The Bertz CT molecular complexity index is 1090. The van der Waals surface area contributed by atoms with Gasteiger partial charge in [0.1, 0.15) is 5.75 Å². The number of ether oxygens (including phenoxy) is 1. The molecule has 0 saturated heterocycles. The molecule has 0 bridgehead atoms. The molecule has 0 atom stereocenters.